The largest absolute Gasteiger partial charge is 0.370 e. The monoisotopic (exact) mass is 507 g/mol. The number of halogens is 2. The average Bonchev–Trinajstić information content (AvgIpc) is 3.28. The molecule has 152 valence electrons. The molecule has 9 heteroatoms. The highest BCUT2D eigenvalue weighted by molar-refractivity contribution is 14.0. The van der Waals surface area contributed by atoms with Gasteiger partial charge in [-0.15, -0.1) is 24.0 Å². The Balaban J connectivity index is 0.00000240. The van der Waals surface area contributed by atoms with E-state index in [0.717, 1.165) is 43.2 Å². The summed E-state index contributed by atoms with van der Waals surface area (Å²) >= 11 is 0. The number of nitrogens with two attached hydrogens (primary N) is 1. The first-order chi connectivity index (χ1) is 13.7. The average molecular weight is 507 g/mol. The standard InChI is InChI=1S/C20H22FN7.HI/c21-17-2-4-18(5-3-17)26-9-11-27(12-10-26)20(22)25-14-16-1-6-19(24-13-16)28-8-7-23-15-28;/h1-8,13,15H,9-12,14H2,(H2,22,25);1H. The highest BCUT2D eigenvalue weighted by atomic mass is 127. The Hall–Kier alpha value is -2.69. The van der Waals surface area contributed by atoms with Gasteiger partial charge in [0.05, 0.1) is 6.54 Å². The van der Waals surface area contributed by atoms with Crippen molar-refractivity contribution in [2.45, 2.75) is 6.54 Å². The van der Waals surface area contributed by atoms with Crippen molar-refractivity contribution in [3.63, 3.8) is 0 Å². The number of aromatic nitrogens is 3. The van der Waals surface area contributed by atoms with Gasteiger partial charge in [-0.3, -0.25) is 4.57 Å². The zero-order valence-corrected chi connectivity index (χ0v) is 18.2. The number of anilines is 1. The minimum Gasteiger partial charge on any atom is -0.370 e. The van der Waals surface area contributed by atoms with Crippen LogP contribution in [0.2, 0.25) is 0 Å². The molecule has 1 aliphatic heterocycles. The Bertz CT molecular complexity index is 918. The number of hydrogen-bond acceptors (Lipinski definition) is 4. The molecule has 2 aromatic heterocycles. The minimum atomic E-state index is -0.216. The van der Waals surface area contributed by atoms with E-state index in [9.17, 15) is 4.39 Å². The van der Waals surface area contributed by atoms with E-state index in [0.29, 0.717) is 12.5 Å². The van der Waals surface area contributed by atoms with Gasteiger partial charge in [0.1, 0.15) is 18.0 Å². The van der Waals surface area contributed by atoms with Gasteiger partial charge in [-0.1, -0.05) is 6.07 Å². The first kappa shape index (κ1) is 21.0. The number of aliphatic imine (C=N–C) groups is 1. The molecule has 3 aromatic rings. The van der Waals surface area contributed by atoms with Crippen LogP contribution in [0.4, 0.5) is 10.1 Å². The first-order valence-electron chi connectivity index (χ1n) is 9.18. The van der Waals surface area contributed by atoms with Crippen molar-refractivity contribution in [1.29, 1.82) is 0 Å². The van der Waals surface area contributed by atoms with Gasteiger partial charge >= 0.3 is 0 Å². The molecule has 3 heterocycles. The van der Waals surface area contributed by atoms with Gasteiger partial charge in [-0.05, 0) is 35.9 Å². The van der Waals surface area contributed by atoms with Crippen molar-refractivity contribution in [3.8, 4) is 5.82 Å². The number of imidazole rings is 1. The molecule has 0 aliphatic carbocycles. The molecule has 4 rings (SSSR count). The Morgan fingerprint density at radius 1 is 1.07 bits per heavy atom. The van der Waals surface area contributed by atoms with E-state index in [4.69, 9.17) is 5.73 Å². The number of hydrogen-bond donors (Lipinski definition) is 1. The summed E-state index contributed by atoms with van der Waals surface area (Å²) in [7, 11) is 0. The number of rotatable bonds is 4. The Labute approximate surface area is 186 Å². The summed E-state index contributed by atoms with van der Waals surface area (Å²) in [6, 6.07) is 10.5. The van der Waals surface area contributed by atoms with Crippen LogP contribution in [0.15, 0.2) is 66.3 Å². The fourth-order valence-corrected chi connectivity index (χ4v) is 3.18. The van der Waals surface area contributed by atoms with Gasteiger partial charge in [0.15, 0.2) is 5.96 Å². The number of nitrogens with zero attached hydrogens (tertiary/aromatic N) is 6. The van der Waals surface area contributed by atoms with Crippen LogP contribution in [0.5, 0.6) is 0 Å². The lowest BCUT2D eigenvalue weighted by atomic mass is 10.2. The van der Waals surface area contributed by atoms with Crippen LogP contribution in [-0.2, 0) is 6.54 Å². The van der Waals surface area contributed by atoms with Crippen LogP contribution in [-0.4, -0.2) is 51.6 Å². The van der Waals surface area contributed by atoms with E-state index >= 15 is 0 Å². The smallest absolute Gasteiger partial charge is 0.191 e. The lowest BCUT2D eigenvalue weighted by Gasteiger charge is -2.36. The molecule has 1 aromatic carbocycles. The number of guanidine groups is 1. The number of benzene rings is 1. The van der Waals surface area contributed by atoms with Crippen molar-refractivity contribution >= 4 is 35.6 Å². The molecule has 0 spiro atoms. The van der Waals surface area contributed by atoms with Crippen LogP contribution < -0.4 is 10.6 Å². The van der Waals surface area contributed by atoms with E-state index < -0.39 is 0 Å². The SMILES string of the molecule is I.NC(=NCc1ccc(-n2ccnc2)nc1)N1CCN(c2ccc(F)cc2)CC1. The highest BCUT2D eigenvalue weighted by Gasteiger charge is 2.18. The van der Waals surface area contributed by atoms with Crippen molar-refractivity contribution in [3.05, 3.63) is 72.7 Å². The van der Waals surface area contributed by atoms with Gasteiger partial charge < -0.3 is 15.5 Å². The van der Waals surface area contributed by atoms with Crippen LogP contribution in [0.1, 0.15) is 5.56 Å². The molecule has 0 saturated carbocycles. The fourth-order valence-electron chi connectivity index (χ4n) is 3.18. The molecule has 0 amide bonds. The maximum atomic E-state index is 13.1. The second kappa shape index (κ2) is 9.68. The van der Waals surface area contributed by atoms with Gasteiger partial charge in [-0.2, -0.15) is 0 Å². The van der Waals surface area contributed by atoms with Crippen molar-refractivity contribution in [2.75, 3.05) is 31.1 Å². The molecular formula is C20H23FIN7. The van der Waals surface area contributed by atoms with Gasteiger partial charge in [-0.25, -0.2) is 19.4 Å². The predicted octanol–water partition coefficient (Wildman–Crippen LogP) is 2.66. The lowest BCUT2D eigenvalue weighted by molar-refractivity contribution is 0.380. The molecule has 0 atom stereocenters. The summed E-state index contributed by atoms with van der Waals surface area (Å²) in [5.41, 5.74) is 8.21. The highest BCUT2D eigenvalue weighted by Crippen LogP contribution is 2.17. The van der Waals surface area contributed by atoms with Gasteiger partial charge in [0.2, 0.25) is 0 Å². The molecule has 1 aliphatic rings. The van der Waals surface area contributed by atoms with Gasteiger partial charge in [0, 0.05) is 50.5 Å². The maximum Gasteiger partial charge on any atom is 0.191 e. The quantitative estimate of drug-likeness (QED) is 0.334. The molecule has 7 nitrogen and oxygen atoms in total. The molecule has 1 fully saturated rings. The summed E-state index contributed by atoms with van der Waals surface area (Å²) in [5, 5.41) is 0. The summed E-state index contributed by atoms with van der Waals surface area (Å²) in [4.78, 5) is 17.3. The third-order valence-corrected chi connectivity index (χ3v) is 4.80. The van der Waals surface area contributed by atoms with E-state index in [-0.39, 0.29) is 29.8 Å². The summed E-state index contributed by atoms with van der Waals surface area (Å²) in [6.07, 6.45) is 7.09. The van der Waals surface area contributed by atoms with Crippen LogP contribution in [0.3, 0.4) is 0 Å². The normalized spacial score (nSPS) is 14.6. The van der Waals surface area contributed by atoms with E-state index in [1.165, 1.54) is 12.1 Å². The maximum absolute atomic E-state index is 13.1. The van der Waals surface area contributed by atoms with Crippen molar-refractivity contribution in [1.82, 2.24) is 19.4 Å². The predicted molar refractivity (Wildman–Crippen MR) is 122 cm³/mol. The molecule has 0 unspecified atom stereocenters. The fraction of sp³-hybridized carbons (Fsp3) is 0.250. The number of piperazine rings is 1. The Morgan fingerprint density at radius 2 is 1.83 bits per heavy atom. The lowest BCUT2D eigenvalue weighted by Crippen LogP contribution is -2.51. The minimum absolute atomic E-state index is 0. The molecule has 0 radical (unpaired) electrons. The van der Waals surface area contributed by atoms with Crippen molar-refractivity contribution in [2.24, 2.45) is 10.7 Å². The molecule has 29 heavy (non-hydrogen) atoms. The van der Waals surface area contributed by atoms with E-state index in [1.54, 1.807) is 18.7 Å². The van der Waals surface area contributed by atoms with E-state index in [1.807, 2.05) is 35.0 Å². The van der Waals surface area contributed by atoms with Crippen LogP contribution >= 0.6 is 24.0 Å². The molecule has 1 saturated heterocycles. The molecular weight excluding hydrogens is 484 g/mol. The summed E-state index contributed by atoms with van der Waals surface area (Å²) in [5.74, 6) is 1.14. The Morgan fingerprint density at radius 3 is 2.45 bits per heavy atom. The molecule has 2 N–H and O–H groups in total. The van der Waals surface area contributed by atoms with E-state index in [2.05, 4.69) is 24.8 Å². The van der Waals surface area contributed by atoms with Crippen molar-refractivity contribution < 1.29 is 4.39 Å². The first-order valence-corrected chi connectivity index (χ1v) is 9.18. The zero-order valence-electron chi connectivity index (χ0n) is 15.9. The Kier molecular flexibility index (Phi) is 7.02. The summed E-state index contributed by atoms with van der Waals surface area (Å²) in [6.45, 7) is 3.70. The third-order valence-electron chi connectivity index (χ3n) is 4.80. The second-order valence-corrected chi connectivity index (χ2v) is 6.62. The van der Waals surface area contributed by atoms with Crippen LogP contribution in [0, 0.1) is 5.82 Å². The summed E-state index contributed by atoms with van der Waals surface area (Å²) < 4.78 is 14.9. The van der Waals surface area contributed by atoms with Gasteiger partial charge in [0.25, 0.3) is 0 Å². The molecule has 0 bridgehead atoms. The zero-order chi connectivity index (χ0) is 19.3. The third kappa shape index (κ3) is 5.22. The van der Waals surface area contributed by atoms with Crippen LogP contribution in [0.25, 0.3) is 5.82 Å². The number of pyridine rings is 1. The second-order valence-electron chi connectivity index (χ2n) is 6.62. The topological polar surface area (TPSA) is 75.6 Å².